The van der Waals surface area contributed by atoms with Crippen LogP contribution in [0.4, 0.5) is 5.69 Å². The number of rotatable bonds is 7. The number of amides is 2. The van der Waals surface area contributed by atoms with Gasteiger partial charge in [-0.05, 0) is 61.3 Å². The molecule has 2 aromatic carbocycles. The van der Waals surface area contributed by atoms with E-state index in [-0.39, 0.29) is 11.8 Å². The molecule has 0 saturated heterocycles. The number of imide groups is 1. The lowest BCUT2D eigenvalue weighted by Gasteiger charge is -2.16. The monoisotopic (exact) mass is 393 g/mol. The zero-order valence-electron chi connectivity index (χ0n) is 17.0. The van der Waals surface area contributed by atoms with E-state index >= 15 is 0 Å². The Hall–Kier alpha value is -2.33. The standard InChI is InChI=1S/C24H27NO2S/c1-5-7-8-18-10-12-19(13-11-18)25-23(26)21(22(24(25)27)28-6-2)20-14-9-16(3)15-17(20)4/h9-15H,5-8H2,1-4H3. The largest absolute Gasteiger partial charge is 0.272 e. The Morgan fingerprint density at radius 3 is 2.25 bits per heavy atom. The number of hydrogen-bond acceptors (Lipinski definition) is 3. The van der Waals surface area contributed by atoms with Gasteiger partial charge in [0.1, 0.15) is 0 Å². The van der Waals surface area contributed by atoms with Crippen molar-refractivity contribution in [1.82, 2.24) is 0 Å². The molecule has 1 aliphatic heterocycles. The van der Waals surface area contributed by atoms with Crippen molar-refractivity contribution < 1.29 is 9.59 Å². The van der Waals surface area contributed by atoms with Crippen molar-refractivity contribution in [2.75, 3.05) is 10.7 Å². The van der Waals surface area contributed by atoms with E-state index in [2.05, 4.69) is 13.0 Å². The molecule has 0 atom stereocenters. The number of carbonyl (C=O) groups excluding carboxylic acids is 2. The number of benzene rings is 2. The van der Waals surface area contributed by atoms with Gasteiger partial charge in [-0.3, -0.25) is 9.59 Å². The molecule has 1 aliphatic rings. The van der Waals surface area contributed by atoms with E-state index in [1.165, 1.54) is 22.2 Å². The second-order valence-electron chi connectivity index (χ2n) is 7.17. The molecule has 2 aromatic rings. The molecule has 3 nitrogen and oxygen atoms in total. The summed E-state index contributed by atoms with van der Waals surface area (Å²) in [5.74, 6) is 0.300. The number of nitrogens with zero attached hydrogens (tertiary/aromatic N) is 1. The van der Waals surface area contributed by atoms with Crippen LogP contribution in [0.5, 0.6) is 0 Å². The summed E-state index contributed by atoms with van der Waals surface area (Å²) in [5.41, 5.74) is 5.41. The molecule has 0 radical (unpaired) electrons. The molecular formula is C24H27NO2S. The molecule has 4 heteroatoms. The van der Waals surface area contributed by atoms with E-state index < -0.39 is 0 Å². The van der Waals surface area contributed by atoms with Crippen molar-refractivity contribution >= 4 is 34.8 Å². The van der Waals surface area contributed by atoms with E-state index in [1.807, 2.05) is 57.2 Å². The minimum absolute atomic E-state index is 0.215. The third-order valence-corrected chi connectivity index (χ3v) is 5.95. The molecule has 0 saturated carbocycles. The average molecular weight is 394 g/mol. The summed E-state index contributed by atoms with van der Waals surface area (Å²) in [4.78, 5) is 28.4. The zero-order chi connectivity index (χ0) is 20.3. The number of aryl methyl sites for hydroxylation is 3. The molecule has 0 N–H and O–H groups in total. The van der Waals surface area contributed by atoms with Gasteiger partial charge in [0.2, 0.25) is 0 Å². The van der Waals surface area contributed by atoms with Crippen molar-refractivity contribution in [3.63, 3.8) is 0 Å². The molecule has 0 unspecified atom stereocenters. The Morgan fingerprint density at radius 1 is 0.929 bits per heavy atom. The fraction of sp³-hybridized carbons (Fsp3) is 0.333. The van der Waals surface area contributed by atoms with Gasteiger partial charge in [0.15, 0.2) is 0 Å². The Balaban J connectivity index is 1.99. The second-order valence-corrected chi connectivity index (χ2v) is 8.45. The third-order valence-electron chi connectivity index (χ3n) is 4.99. The van der Waals surface area contributed by atoms with Crippen LogP contribution in [0, 0.1) is 13.8 Å². The first kappa shape index (κ1) is 20.4. The number of thioether (sulfide) groups is 1. The highest BCUT2D eigenvalue weighted by atomic mass is 32.2. The Labute approximate surface area is 171 Å². The third kappa shape index (κ3) is 3.93. The molecular weight excluding hydrogens is 366 g/mol. The van der Waals surface area contributed by atoms with Crippen molar-refractivity contribution in [3.8, 4) is 0 Å². The summed E-state index contributed by atoms with van der Waals surface area (Å²) in [6, 6.07) is 13.8. The van der Waals surface area contributed by atoms with Crippen LogP contribution < -0.4 is 4.90 Å². The molecule has 0 spiro atoms. The second kappa shape index (κ2) is 8.78. The minimum atomic E-state index is -0.228. The van der Waals surface area contributed by atoms with Gasteiger partial charge >= 0.3 is 0 Å². The summed E-state index contributed by atoms with van der Waals surface area (Å²) in [7, 11) is 0. The first-order valence-electron chi connectivity index (χ1n) is 9.90. The van der Waals surface area contributed by atoms with Crippen molar-refractivity contribution in [2.24, 2.45) is 0 Å². The summed E-state index contributed by atoms with van der Waals surface area (Å²) >= 11 is 1.45. The fourth-order valence-corrected chi connectivity index (χ4v) is 4.39. The molecule has 2 amide bonds. The van der Waals surface area contributed by atoms with E-state index in [0.29, 0.717) is 16.2 Å². The normalized spacial score (nSPS) is 14.4. The van der Waals surface area contributed by atoms with Gasteiger partial charge in [-0.2, -0.15) is 0 Å². The molecule has 1 heterocycles. The van der Waals surface area contributed by atoms with Crippen molar-refractivity contribution in [1.29, 1.82) is 0 Å². The average Bonchev–Trinajstić information content (AvgIpc) is 2.91. The van der Waals surface area contributed by atoms with E-state index in [0.717, 1.165) is 41.7 Å². The smallest absolute Gasteiger partial charge is 0.268 e. The Kier molecular flexibility index (Phi) is 6.40. The predicted octanol–water partition coefficient (Wildman–Crippen LogP) is 5.68. The maximum absolute atomic E-state index is 13.3. The van der Waals surface area contributed by atoms with Crippen LogP contribution in [0.25, 0.3) is 5.57 Å². The first-order chi connectivity index (χ1) is 13.5. The lowest BCUT2D eigenvalue weighted by atomic mass is 9.98. The summed E-state index contributed by atoms with van der Waals surface area (Å²) < 4.78 is 0. The van der Waals surface area contributed by atoms with Crippen LogP contribution in [0.3, 0.4) is 0 Å². The molecule has 0 bridgehead atoms. The topological polar surface area (TPSA) is 37.4 Å². The fourth-order valence-electron chi connectivity index (χ4n) is 3.55. The van der Waals surface area contributed by atoms with Crippen LogP contribution in [-0.2, 0) is 16.0 Å². The summed E-state index contributed by atoms with van der Waals surface area (Å²) in [6.07, 6.45) is 3.30. The highest BCUT2D eigenvalue weighted by molar-refractivity contribution is 8.04. The van der Waals surface area contributed by atoms with Crippen LogP contribution in [0.2, 0.25) is 0 Å². The van der Waals surface area contributed by atoms with Gasteiger partial charge < -0.3 is 0 Å². The molecule has 146 valence electrons. The Morgan fingerprint density at radius 2 is 1.64 bits per heavy atom. The number of hydrogen-bond donors (Lipinski definition) is 0. The SMILES string of the molecule is CCCCc1ccc(N2C(=O)C(SCC)=C(c3ccc(C)cc3C)C2=O)cc1. The zero-order valence-corrected chi connectivity index (χ0v) is 17.9. The maximum atomic E-state index is 13.3. The van der Waals surface area contributed by atoms with Crippen LogP contribution in [0.15, 0.2) is 47.4 Å². The van der Waals surface area contributed by atoms with Crippen LogP contribution >= 0.6 is 11.8 Å². The highest BCUT2D eigenvalue weighted by Gasteiger charge is 2.40. The minimum Gasteiger partial charge on any atom is -0.268 e. The van der Waals surface area contributed by atoms with Crippen LogP contribution in [-0.4, -0.2) is 17.6 Å². The molecule has 0 aromatic heterocycles. The van der Waals surface area contributed by atoms with Gasteiger partial charge in [0.25, 0.3) is 11.8 Å². The molecule has 28 heavy (non-hydrogen) atoms. The quantitative estimate of drug-likeness (QED) is 0.568. The van der Waals surface area contributed by atoms with E-state index in [1.54, 1.807) is 0 Å². The molecule has 0 fully saturated rings. The van der Waals surface area contributed by atoms with Gasteiger partial charge in [-0.1, -0.05) is 56.2 Å². The molecule has 0 aliphatic carbocycles. The Bertz CT molecular complexity index is 928. The van der Waals surface area contributed by atoms with Gasteiger partial charge in [-0.25, -0.2) is 4.90 Å². The number of carbonyl (C=O) groups is 2. The predicted molar refractivity (Wildman–Crippen MR) is 119 cm³/mol. The van der Waals surface area contributed by atoms with E-state index in [4.69, 9.17) is 0 Å². The van der Waals surface area contributed by atoms with Crippen molar-refractivity contribution in [2.45, 2.75) is 47.0 Å². The van der Waals surface area contributed by atoms with Gasteiger partial charge in [-0.15, -0.1) is 11.8 Å². The lowest BCUT2D eigenvalue weighted by molar-refractivity contribution is -0.119. The maximum Gasteiger partial charge on any atom is 0.272 e. The summed E-state index contributed by atoms with van der Waals surface area (Å²) in [6.45, 7) is 8.19. The summed E-state index contributed by atoms with van der Waals surface area (Å²) in [5, 5.41) is 0. The van der Waals surface area contributed by atoms with E-state index in [9.17, 15) is 9.59 Å². The first-order valence-corrected chi connectivity index (χ1v) is 10.9. The van der Waals surface area contributed by atoms with Gasteiger partial charge in [0.05, 0.1) is 16.2 Å². The van der Waals surface area contributed by atoms with Crippen molar-refractivity contribution in [3.05, 3.63) is 69.6 Å². The highest BCUT2D eigenvalue weighted by Crippen LogP contribution is 2.39. The number of unbranched alkanes of at least 4 members (excludes halogenated alkanes) is 1. The molecule has 3 rings (SSSR count). The lowest BCUT2D eigenvalue weighted by Crippen LogP contribution is -2.31. The van der Waals surface area contributed by atoms with Gasteiger partial charge in [0, 0.05) is 0 Å². The number of anilines is 1. The van der Waals surface area contributed by atoms with Crippen LogP contribution in [0.1, 0.15) is 48.9 Å².